The number of terminal acetylenes is 1. The standard InChI is InChI=1S/C12H14/c1-5-12(3,4)11-8-6-10(2)7-9-11/h1,6-9H,2-4H3. The van der Waals surface area contributed by atoms with E-state index in [-0.39, 0.29) is 5.41 Å². The van der Waals surface area contributed by atoms with Gasteiger partial charge < -0.3 is 0 Å². The molecule has 62 valence electrons. The zero-order valence-corrected chi connectivity index (χ0v) is 7.89. The summed E-state index contributed by atoms with van der Waals surface area (Å²) in [7, 11) is 0. The predicted molar refractivity (Wildman–Crippen MR) is 53.0 cm³/mol. The largest absolute Gasteiger partial charge is 0.119 e. The van der Waals surface area contributed by atoms with Gasteiger partial charge in [-0.05, 0) is 26.3 Å². The van der Waals surface area contributed by atoms with E-state index in [0.29, 0.717) is 0 Å². The van der Waals surface area contributed by atoms with Crippen LogP contribution in [-0.2, 0) is 5.41 Å². The molecule has 1 aromatic rings. The first-order valence-electron chi connectivity index (χ1n) is 4.11. The minimum absolute atomic E-state index is 0.145. The summed E-state index contributed by atoms with van der Waals surface area (Å²) in [6.45, 7) is 6.18. The van der Waals surface area contributed by atoms with Crippen molar-refractivity contribution in [1.29, 1.82) is 0 Å². The first-order chi connectivity index (χ1) is 5.56. The van der Waals surface area contributed by atoms with Crippen molar-refractivity contribution >= 4 is 0 Å². The summed E-state index contributed by atoms with van der Waals surface area (Å²) >= 11 is 0. The van der Waals surface area contributed by atoms with Crippen LogP contribution in [0.1, 0.15) is 25.0 Å². The summed E-state index contributed by atoms with van der Waals surface area (Å²) < 4.78 is 0. The Morgan fingerprint density at radius 2 is 1.67 bits per heavy atom. The van der Waals surface area contributed by atoms with Crippen LogP contribution in [0.15, 0.2) is 24.3 Å². The van der Waals surface area contributed by atoms with Crippen LogP contribution in [0.5, 0.6) is 0 Å². The Kier molecular flexibility index (Phi) is 2.24. The van der Waals surface area contributed by atoms with E-state index in [0.717, 1.165) is 0 Å². The average molecular weight is 158 g/mol. The molecule has 0 aliphatic carbocycles. The lowest BCUT2D eigenvalue weighted by molar-refractivity contribution is 0.699. The number of benzene rings is 1. The van der Waals surface area contributed by atoms with Gasteiger partial charge in [-0.3, -0.25) is 0 Å². The van der Waals surface area contributed by atoms with Crippen molar-refractivity contribution in [2.45, 2.75) is 26.2 Å². The summed E-state index contributed by atoms with van der Waals surface area (Å²) in [5.41, 5.74) is 2.33. The molecule has 1 rings (SSSR count). The van der Waals surface area contributed by atoms with Crippen LogP contribution in [0.2, 0.25) is 0 Å². The van der Waals surface area contributed by atoms with Crippen LogP contribution in [0.25, 0.3) is 0 Å². The lowest BCUT2D eigenvalue weighted by Gasteiger charge is -2.17. The number of rotatable bonds is 1. The van der Waals surface area contributed by atoms with E-state index in [4.69, 9.17) is 6.42 Å². The van der Waals surface area contributed by atoms with Gasteiger partial charge in [-0.2, -0.15) is 0 Å². The average Bonchev–Trinajstić information content (AvgIpc) is 2.05. The van der Waals surface area contributed by atoms with Crippen molar-refractivity contribution in [1.82, 2.24) is 0 Å². The Morgan fingerprint density at radius 1 is 1.17 bits per heavy atom. The van der Waals surface area contributed by atoms with Gasteiger partial charge in [0, 0.05) is 0 Å². The molecule has 0 aliphatic rings. The van der Waals surface area contributed by atoms with Gasteiger partial charge >= 0.3 is 0 Å². The predicted octanol–water partition coefficient (Wildman–Crippen LogP) is 2.91. The van der Waals surface area contributed by atoms with Crippen molar-refractivity contribution in [3.05, 3.63) is 35.4 Å². The molecule has 1 aromatic carbocycles. The second-order valence-electron chi connectivity index (χ2n) is 3.64. The quantitative estimate of drug-likeness (QED) is 0.551. The zero-order valence-electron chi connectivity index (χ0n) is 7.89. The van der Waals surface area contributed by atoms with Crippen LogP contribution in [0.4, 0.5) is 0 Å². The third-order valence-corrected chi connectivity index (χ3v) is 2.13. The Morgan fingerprint density at radius 3 is 2.08 bits per heavy atom. The molecule has 12 heavy (non-hydrogen) atoms. The second-order valence-corrected chi connectivity index (χ2v) is 3.64. The van der Waals surface area contributed by atoms with Gasteiger partial charge in [0.2, 0.25) is 0 Å². The molecule has 0 fully saturated rings. The molecule has 0 atom stereocenters. The highest BCUT2D eigenvalue weighted by Gasteiger charge is 2.15. The van der Waals surface area contributed by atoms with E-state index in [2.05, 4.69) is 51.0 Å². The lowest BCUT2D eigenvalue weighted by atomic mass is 9.85. The molecule has 0 heterocycles. The highest BCUT2D eigenvalue weighted by Crippen LogP contribution is 2.21. The molecular formula is C12H14. The highest BCUT2D eigenvalue weighted by atomic mass is 14.2. The molecule has 0 nitrogen and oxygen atoms in total. The van der Waals surface area contributed by atoms with Crippen LogP contribution >= 0.6 is 0 Å². The molecule has 0 heteroatoms. The Bertz CT molecular complexity index is 296. The molecular weight excluding hydrogens is 144 g/mol. The Balaban J connectivity index is 3.07. The third kappa shape index (κ3) is 1.68. The molecule has 0 aromatic heterocycles. The molecule has 0 saturated carbocycles. The minimum atomic E-state index is -0.145. The monoisotopic (exact) mass is 158 g/mol. The van der Waals surface area contributed by atoms with Gasteiger partial charge in [0.05, 0.1) is 5.41 Å². The van der Waals surface area contributed by atoms with Gasteiger partial charge in [0.1, 0.15) is 0 Å². The van der Waals surface area contributed by atoms with Gasteiger partial charge in [-0.15, -0.1) is 6.42 Å². The van der Waals surface area contributed by atoms with Crippen LogP contribution in [0, 0.1) is 19.3 Å². The summed E-state index contributed by atoms with van der Waals surface area (Å²) in [6, 6.07) is 8.37. The SMILES string of the molecule is C#CC(C)(C)c1ccc(C)cc1. The summed E-state index contributed by atoms with van der Waals surface area (Å²) in [4.78, 5) is 0. The maximum absolute atomic E-state index is 5.43. The van der Waals surface area contributed by atoms with Crippen molar-refractivity contribution < 1.29 is 0 Å². The Labute approximate surface area is 74.6 Å². The molecule has 0 bridgehead atoms. The number of aryl methyl sites for hydroxylation is 1. The summed E-state index contributed by atoms with van der Waals surface area (Å²) in [6.07, 6.45) is 5.43. The highest BCUT2D eigenvalue weighted by molar-refractivity contribution is 5.33. The zero-order chi connectivity index (χ0) is 9.19. The molecule has 0 radical (unpaired) electrons. The van der Waals surface area contributed by atoms with Gasteiger partial charge in [0.15, 0.2) is 0 Å². The fourth-order valence-corrected chi connectivity index (χ4v) is 1.05. The molecule has 0 amide bonds. The molecule has 0 unspecified atom stereocenters. The smallest absolute Gasteiger partial charge is 0.0504 e. The summed E-state index contributed by atoms with van der Waals surface area (Å²) in [5, 5.41) is 0. The topological polar surface area (TPSA) is 0 Å². The minimum Gasteiger partial charge on any atom is -0.119 e. The normalized spacial score (nSPS) is 10.8. The van der Waals surface area contributed by atoms with Crippen LogP contribution < -0.4 is 0 Å². The first-order valence-corrected chi connectivity index (χ1v) is 4.11. The maximum Gasteiger partial charge on any atom is 0.0504 e. The van der Waals surface area contributed by atoms with E-state index >= 15 is 0 Å². The fraction of sp³-hybridized carbons (Fsp3) is 0.333. The van der Waals surface area contributed by atoms with Crippen LogP contribution in [0.3, 0.4) is 0 Å². The van der Waals surface area contributed by atoms with Crippen molar-refractivity contribution in [3.8, 4) is 12.3 Å². The maximum atomic E-state index is 5.43. The van der Waals surface area contributed by atoms with E-state index in [1.807, 2.05) is 0 Å². The van der Waals surface area contributed by atoms with Crippen LogP contribution in [-0.4, -0.2) is 0 Å². The van der Waals surface area contributed by atoms with Crippen molar-refractivity contribution in [3.63, 3.8) is 0 Å². The van der Waals surface area contributed by atoms with Gasteiger partial charge in [0.25, 0.3) is 0 Å². The van der Waals surface area contributed by atoms with Crippen molar-refractivity contribution in [2.75, 3.05) is 0 Å². The van der Waals surface area contributed by atoms with E-state index < -0.39 is 0 Å². The first kappa shape index (κ1) is 8.87. The molecule has 0 saturated heterocycles. The lowest BCUT2D eigenvalue weighted by Crippen LogP contribution is -2.13. The molecule has 0 spiro atoms. The fourth-order valence-electron chi connectivity index (χ4n) is 1.05. The summed E-state index contributed by atoms with van der Waals surface area (Å²) in [5.74, 6) is 2.78. The molecule has 0 aliphatic heterocycles. The van der Waals surface area contributed by atoms with Gasteiger partial charge in [-0.1, -0.05) is 35.7 Å². The van der Waals surface area contributed by atoms with Crippen molar-refractivity contribution in [2.24, 2.45) is 0 Å². The van der Waals surface area contributed by atoms with Gasteiger partial charge in [-0.25, -0.2) is 0 Å². The number of hydrogen-bond acceptors (Lipinski definition) is 0. The number of hydrogen-bond donors (Lipinski definition) is 0. The third-order valence-electron chi connectivity index (χ3n) is 2.13. The van der Waals surface area contributed by atoms with E-state index in [1.165, 1.54) is 11.1 Å². The van der Waals surface area contributed by atoms with E-state index in [1.54, 1.807) is 0 Å². The second kappa shape index (κ2) is 3.03. The molecule has 0 N–H and O–H groups in total. The Hall–Kier alpha value is -1.22. The van der Waals surface area contributed by atoms with E-state index in [9.17, 15) is 0 Å².